The maximum atomic E-state index is 11.7. The van der Waals surface area contributed by atoms with E-state index in [0.29, 0.717) is 5.69 Å². The van der Waals surface area contributed by atoms with Gasteiger partial charge in [-0.2, -0.15) is 0 Å². The van der Waals surface area contributed by atoms with Gasteiger partial charge in [-0.3, -0.25) is 9.69 Å². The van der Waals surface area contributed by atoms with E-state index < -0.39 is 12.0 Å². The van der Waals surface area contributed by atoms with Crippen LogP contribution in [0.1, 0.15) is 20.3 Å². The number of benzene rings is 1. The lowest BCUT2D eigenvalue weighted by Gasteiger charge is -2.26. The highest BCUT2D eigenvalue weighted by atomic mass is 16.4. The Bertz CT molecular complexity index is 375. The van der Waals surface area contributed by atoms with Gasteiger partial charge >= 0.3 is 5.97 Å². The predicted molar refractivity (Wildman–Crippen MR) is 61.3 cm³/mol. The van der Waals surface area contributed by atoms with E-state index in [-0.39, 0.29) is 12.3 Å². The fourth-order valence-corrected chi connectivity index (χ4v) is 1.45. The molecule has 1 aromatic rings. The summed E-state index contributed by atoms with van der Waals surface area (Å²) in [5.74, 6) is -1.20. The number of carbonyl (C=O) groups is 2. The smallest absolute Gasteiger partial charge is 0.326 e. The average molecular weight is 221 g/mol. The number of carbonyl (C=O) groups excluding carboxylic acids is 1. The number of para-hydroxylation sites is 1. The Morgan fingerprint density at radius 1 is 1.31 bits per heavy atom. The minimum atomic E-state index is -1.01. The highest BCUT2D eigenvalue weighted by molar-refractivity contribution is 5.98. The highest BCUT2D eigenvalue weighted by Crippen LogP contribution is 2.17. The van der Waals surface area contributed by atoms with Gasteiger partial charge in [0.25, 0.3) is 0 Å². The van der Waals surface area contributed by atoms with Crippen molar-refractivity contribution in [1.29, 1.82) is 0 Å². The van der Waals surface area contributed by atoms with Crippen LogP contribution in [0.3, 0.4) is 0 Å². The van der Waals surface area contributed by atoms with E-state index in [2.05, 4.69) is 0 Å². The molecule has 0 saturated heterocycles. The van der Waals surface area contributed by atoms with Crippen molar-refractivity contribution in [3.05, 3.63) is 30.3 Å². The first kappa shape index (κ1) is 12.2. The zero-order valence-electron chi connectivity index (χ0n) is 9.38. The molecule has 0 aromatic heterocycles. The molecule has 1 unspecified atom stereocenters. The summed E-state index contributed by atoms with van der Waals surface area (Å²) in [6.45, 7) is 3.22. The molecule has 0 bridgehead atoms. The fraction of sp³-hybridized carbons (Fsp3) is 0.333. The number of amides is 1. The molecule has 4 nitrogen and oxygen atoms in total. The molecule has 0 radical (unpaired) electrons. The number of nitrogens with zero attached hydrogens (tertiary/aromatic N) is 1. The van der Waals surface area contributed by atoms with Gasteiger partial charge in [-0.05, 0) is 19.1 Å². The maximum Gasteiger partial charge on any atom is 0.326 e. The Labute approximate surface area is 94.5 Å². The van der Waals surface area contributed by atoms with Crippen LogP contribution >= 0.6 is 0 Å². The molecule has 0 fully saturated rings. The summed E-state index contributed by atoms with van der Waals surface area (Å²) in [4.78, 5) is 24.0. The Hall–Kier alpha value is -1.84. The van der Waals surface area contributed by atoms with Crippen molar-refractivity contribution in [1.82, 2.24) is 0 Å². The quantitative estimate of drug-likeness (QED) is 0.844. The van der Waals surface area contributed by atoms with Crippen molar-refractivity contribution in [3.8, 4) is 0 Å². The lowest BCUT2D eigenvalue weighted by atomic mass is 10.2. The topological polar surface area (TPSA) is 57.6 Å². The molecule has 4 heteroatoms. The minimum absolute atomic E-state index is 0.193. The third-order valence-electron chi connectivity index (χ3n) is 2.35. The van der Waals surface area contributed by atoms with Crippen LogP contribution in [0.4, 0.5) is 5.69 Å². The molecule has 0 aliphatic heterocycles. The summed E-state index contributed by atoms with van der Waals surface area (Å²) in [6.07, 6.45) is 0.284. The van der Waals surface area contributed by atoms with Crippen LogP contribution in [0, 0.1) is 0 Å². The second kappa shape index (κ2) is 5.30. The number of carboxylic acids is 1. The lowest BCUT2D eigenvalue weighted by molar-refractivity contribution is -0.139. The van der Waals surface area contributed by atoms with Gasteiger partial charge in [0.2, 0.25) is 5.91 Å². The van der Waals surface area contributed by atoms with E-state index in [1.807, 2.05) is 6.07 Å². The molecule has 0 aliphatic carbocycles. The summed E-state index contributed by atoms with van der Waals surface area (Å²) in [7, 11) is 0. The largest absolute Gasteiger partial charge is 0.480 e. The van der Waals surface area contributed by atoms with Gasteiger partial charge in [0, 0.05) is 12.1 Å². The Morgan fingerprint density at radius 3 is 2.31 bits per heavy atom. The SMILES string of the molecule is CCC(=O)N(c1ccccc1)C(C)C(=O)O. The molecule has 1 amide bonds. The molecule has 1 rings (SSSR count). The normalized spacial score (nSPS) is 11.9. The van der Waals surface area contributed by atoms with Crippen LogP contribution < -0.4 is 4.90 Å². The monoisotopic (exact) mass is 221 g/mol. The first-order valence-electron chi connectivity index (χ1n) is 5.17. The van der Waals surface area contributed by atoms with E-state index in [0.717, 1.165) is 0 Å². The third kappa shape index (κ3) is 2.59. The zero-order chi connectivity index (χ0) is 12.1. The molecular weight excluding hydrogens is 206 g/mol. The Kier molecular flexibility index (Phi) is 4.05. The highest BCUT2D eigenvalue weighted by Gasteiger charge is 2.25. The summed E-state index contributed by atoms with van der Waals surface area (Å²) in [6, 6.07) is 7.98. The van der Waals surface area contributed by atoms with Crippen LogP contribution in [-0.4, -0.2) is 23.0 Å². The first-order valence-corrected chi connectivity index (χ1v) is 5.17. The molecule has 0 spiro atoms. The van der Waals surface area contributed by atoms with Crippen molar-refractivity contribution in [2.75, 3.05) is 4.90 Å². The van der Waals surface area contributed by atoms with Crippen LogP contribution in [0.2, 0.25) is 0 Å². The van der Waals surface area contributed by atoms with Crippen LogP contribution in [0.25, 0.3) is 0 Å². The summed E-state index contributed by atoms with van der Waals surface area (Å²) in [5, 5.41) is 8.96. The van der Waals surface area contributed by atoms with Crippen molar-refractivity contribution in [3.63, 3.8) is 0 Å². The fourth-order valence-electron chi connectivity index (χ4n) is 1.45. The van der Waals surface area contributed by atoms with E-state index >= 15 is 0 Å². The molecular formula is C12H15NO3. The van der Waals surface area contributed by atoms with Crippen molar-refractivity contribution in [2.45, 2.75) is 26.3 Å². The first-order chi connectivity index (χ1) is 7.57. The molecule has 1 aromatic carbocycles. The molecule has 1 atom stereocenters. The van der Waals surface area contributed by atoms with Gasteiger partial charge in [0.15, 0.2) is 0 Å². The van der Waals surface area contributed by atoms with Gasteiger partial charge in [0.05, 0.1) is 0 Å². The standard InChI is InChI=1S/C12H15NO3/c1-3-11(14)13(9(2)12(15)16)10-7-5-4-6-8-10/h4-9H,3H2,1-2H3,(H,15,16). The molecule has 0 saturated carbocycles. The number of hydrogen-bond donors (Lipinski definition) is 1. The lowest BCUT2D eigenvalue weighted by Crippen LogP contribution is -2.43. The van der Waals surface area contributed by atoms with Gasteiger partial charge in [-0.1, -0.05) is 25.1 Å². The maximum absolute atomic E-state index is 11.7. The van der Waals surface area contributed by atoms with Crippen molar-refractivity contribution < 1.29 is 14.7 Å². The van der Waals surface area contributed by atoms with Crippen LogP contribution in [0.15, 0.2) is 30.3 Å². The van der Waals surface area contributed by atoms with E-state index in [1.54, 1.807) is 31.2 Å². The van der Waals surface area contributed by atoms with Crippen LogP contribution in [-0.2, 0) is 9.59 Å². The minimum Gasteiger partial charge on any atom is -0.480 e. The third-order valence-corrected chi connectivity index (χ3v) is 2.35. The average Bonchev–Trinajstić information content (AvgIpc) is 2.30. The molecule has 86 valence electrons. The molecule has 1 N–H and O–H groups in total. The van der Waals surface area contributed by atoms with E-state index in [4.69, 9.17) is 5.11 Å². The summed E-state index contributed by atoms with van der Waals surface area (Å²) < 4.78 is 0. The Morgan fingerprint density at radius 2 is 1.88 bits per heavy atom. The number of anilines is 1. The summed E-state index contributed by atoms with van der Waals surface area (Å²) in [5.41, 5.74) is 0.615. The van der Waals surface area contributed by atoms with Gasteiger partial charge in [-0.25, -0.2) is 4.79 Å². The number of hydrogen-bond acceptors (Lipinski definition) is 2. The van der Waals surface area contributed by atoms with E-state index in [9.17, 15) is 9.59 Å². The summed E-state index contributed by atoms with van der Waals surface area (Å²) >= 11 is 0. The molecule has 16 heavy (non-hydrogen) atoms. The van der Waals surface area contributed by atoms with Crippen molar-refractivity contribution >= 4 is 17.6 Å². The van der Waals surface area contributed by atoms with Crippen LogP contribution in [0.5, 0.6) is 0 Å². The van der Waals surface area contributed by atoms with E-state index in [1.165, 1.54) is 11.8 Å². The van der Waals surface area contributed by atoms with Gasteiger partial charge < -0.3 is 5.11 Å². The second-order valence-corrected chi connectivity index (χ2v) is 3.47. The van der Waals surface area contributed by atoms with Gasteiger partial charge in [-0.15, -0.1) is 0 Å². The molecule has 0 aliphatic rings. The predicted octanol–water partition coefficient (Wildman–Crippen LogP) is 1.90. The van der Waals surface area contributed by atoms with Crippen molar-refractivity contribution in [2.24, 2.45) is 0 Å². The number of rotatable bonds is 4. The second-order valence-electron chi connectivity index (χ2n) is 3.47. The zero-order valence-corrected chi connectivity index (χ0v) is 9.38. The Balaban J connectivity index is 3.06. The number of aliphatic carboxylic acids is 1. The van der Waals surface area contributed by atoms with Gasteiger partial charge in [0.1, 0.15) is 6.04 Å². The molecule has 0 heterocycles. The number of carboxylic acid groups (broad SMARTS) is 1.